The molecule has 2 nitrogen and oxygen atoms in total. The van der Waals surface area contributed by atoms with Crippen LogP contribution in [0.4, 0.5) is 5.69 Å². The average molecular weight is 326 g/mol. The van der Waals surface area contributed by atoms with Crippen molar-refractivity contribution in [3.8, 4) is 0 Å². The second-order valence-electron chi connectivity index (χ2n) is 4.24. The predicted octanol–water partition coefficient (Wildman–Crippen LogP) is 4.98. The fourth-order valence-corrected chi connectivity index (χ4v) is 2.22. The summed E-state index contributed by atoms with van der Waals surface area (Å²) in [7, 11) is 0. The number of hydrogen-bond donors (Lipinski definition) is 1. The van der Waals surface area contributed by atoms with Crippen molar-refractivity contribution < 1.29 is 0 Å². The molecule has 94 valence electrons. The molecule has 0 aliphatic rings. The fourth-order valence-electron chi connectivity index (χ4n) is 1.74. The number of aryl methyl sites for hydroxylation is 1. The van der Waals surface area contributed by atoms with Gasteiger partial charge in [-0.3, -0.25) is 0 Å². The molecule has 1 heterocycles. The Labute approximate surface area is 121 Å². The molecule has 2 aromatic rings. The summed E-state index contributed by atoms with van der Waals surface area (Å²) in [5, 5.41) is 3.96. The summed E-state index contributed by atoms with van der Waals surface area (Å²) in [6.07, 6.45) is 1.77. The summed E-state index contributed by atoms with van der Waals surface area (Å²) in [5.41, 5.74) is 3.33. The number of rotatable bonds is 3. The Morgan fingerprint density at radius 3 is 2.56 bits per heavy atom. The Morgan fingerprint density at radius 1 is 1.28 bits per heavy atom. The van der Waals surface area contributed by atoms with E-state index in [1.54, 1.807) is 6.20 Å². The third kappa shape index (κ3) is 3.24. The van der Waals surface area contributed by atoms with Gasteiger partial charge in [-0.05, 0) is 43.2 Å². The third-order valence-corrected chi connectivity index (χ3v) is 3.55. The van der Waals surface area contributed by atoms with Crippen LogP contribution in [0.1, 0.15) is 24.1 Å². The van der Waals surface area contributed by atoms with Crippen molar-refractivity contribution in [2.45, 2.75) is 19.9 Å². The summed E-state index contributed by atoms with van der Waals surface area (Å²) in [6, 6.07) is 10.4. The van der Waals surface area contributed by atoms with Crippen molar-refractivity contribution in [1.29, 1.82) is 0 Å². The summed E-state index contributed by atoms with van der Waals surface area (Å²) >= 11 is 9.28. The molecule has 0 saturated carbocycles. The van der Waals surface area contributed by atoms with Crippen LogP contribution in [0.25, 0.3) is 0 Å². The van der Waals surface area contributed by atoms with Crippen LogP contribution in [0.5, 0.6) is 0 Å². The largest absolute Gasteiger partial charge is 0.377 e. The maximum Gasteiger partial charge on any atom is 0.129 e. The number of anilines is 1. The molecule has 1 N–H and O–H groups in total. The van der Waals surface area contributed by atoms with Gasteiger partial charge in [-0.2, -0.15) is 0 Å². The topological polar surface area (TPSA) is 24.9 Å². The van der Waals surface area contributed by atoms with Crippen molar-refractivity contribution in [2.24, 2.45) is 0 Å². The van der Waals surface area contributed by atoms with Gasteiger partial charge < -0.3 is 5.32 Å². The third-order valence-electron chi connectivity index (χ3n) is 2.82. The first-order valence-corrected chi connectivity index (χ1v) is 6.87. The minimum Gasteiger partial charge on any atom is -0.377 e. The van der Waals surface area contributed by atoms with Crippen LogP contribution >= 0.6 is 27.5 Å². The van der Waals surface area contributed by atoms with Gasteiger partial charge in [0.1, 0.15) is 5.15 Å². The lowest BCUT2D eigenvalue weighted by atomic mass is 10.1. The molecule has 0 bridgehead atoms. The fraction of sp³-hybridized carbons (Fsp3) is 0.214. The van der Waals surface area contributed by atoms with Gasteiger partial charge in [0, 0.05) is 10.5 Å². The number of pyridine rings is 1. The van der Waals surface area contributed by atoms with Gasteiger partial charge in [0.2, 0.25) is 0 Å². The predicted molar refractivity (Wildman–Crippen MR) is 80.2 cm³/mol. The normalized spacial score (nSPS) is 12.2. The molecule has 1 aromatic heterocycles. The van der Waals surface area contributed by atoms with Crippen molar-refractivity contribution >= 4 is 33.2 Å². The van der Waals surface area contributed by atoms with E-state index in [9.17, 15) is 0 Å². The van der Waals surface area contributed by atoms with Crippen LogP contribution in [0.3, 0.4) is 0 Å². The number of hydrogen-bond acceptors (Lipinski definition) is 2. The van der Waals surface area contributed by atoms with Crippen molar-refractivity contribution in [3.05, 3.63) is 57.3 Å². The van der Waals surface area contributed by atoms with Crippen LogP contribution in [0.2, 0.25) is 5.15 Å². The number of nitrogens with one attached hydrogen (secondary N) is 1. The smallest absolute Gasteiger partial charge is 0.129 e. The SMILES string of the molecule is Cc1cc(Cl)ncc1NC(C)c1ccc(Br)cc1. The minimum absolute atomic E-state index is 0.222. The van der Waals surface area contributed by atoms with E-state index in [4.69, 9.17) is 11.6 Å². The zero-order valence-electron chi connectivity index (χ0n) is 10.2. The highest BCUT2D eigenvalue weighted by molar-refractivity contribution is 9.10. The van der Waals surface area contributed by atoms with E-state index < -0.39 is 0 Å². The van der Waals surface area contributed by atoms with Gasteiger partial charge in [0.05, 0.1) is 11.9 Å². The second kappa shape index (κ2) is 5.72. The number of nitrogens with zero attached hydrogens (tertiary/aromatic N) is 1. The van der Waals surface area contributed by atoms with Gasteiger partial charge in [0.25, 0.3) is 0 Å². The molecular weight excluding hydrogens is 312 g/mol. The molecule has 1 atom stereocenters. The van der Waals surface area contributed by atoms with Crippen molar-refractivity contribution in [1.82, 2.24) is 4.98 Å². The Hall–Kier alpha value is -1.06. The molecule has 1 unspecified atom stereocenters. The van der Waals surface area contributed by atoms with Crippen molar-refractivity contribution in [2.75, 3.05) is 5.32 Å². The summed E-state index contributed by atoms with van der Waals surface area (Å²) in [5.74, 6) is 0. The number of benzene rings is 1. The maximum atomic E-state index is 5.84. The van der Waals surface area contributed by atoms with E-state index in [2.05, 4.69) is 45.3 Å². The molecular formula is C14H14BrClN2. The second-order valence-corrected chi connectivity index (χ2v) is 5.54. The summed E-state index contributed by atoms with van der Waals surface area (Å²) in [4.78, 5) is 4.10. The molecule has 0 radical (unpaired) electrons. The maximum absolute atomic E-state index is 5.84. The van der Waals surface area contributed by atoms with Crippen LogP contribution in [0.15, 0.2) is 41.0 Å². The first kappa shape index (κ1) is 13.4. The molecule has 0 fully saturated rings. The minimum atomic E-state index is 0.222. The molecule has 0 spiro atoms. The van der Waals surface area contributed by atoms with E-state index in [0.29, 0.717) is 5.15 Å². The molecule has 0 saturated heterocycles. The van der Waals surface area contributed by atoms with E-state index in [1.165, 1.54) is 5.56 Å². The monoisotopic (exact) mass is 324 g/mol. The Morgan fingerprint density at radius 2 is 1.94 bits per heavy atom. The zero-order chi connectivity index (χ0) is 13.1. The quantitative estimate of drug-likeness (QED) is 0.805. The Balaban J connectivity index is 2.15. The first-order valence-electron chi connectivity index (χ1n) is 5.70. The highest BCUT2D eigenvalue weighted by Crippen LogP contribution is 2.23. The van der Waals surface area contributed by atoms with Gasteiger partial charge in [0.15, 0.2) is 0 Å². The van der Waals surface area contributed by atoms with E-state index in [0.717, 1.165) is 15.7 Å². The Kier molecular flexibility index (Phi) is 4.25. The molecule has 0 aliphatic heterocycles. The van der Waals surface area contributed by atoms with Gasteiger partial charge in [-0.1, -0.05) is 39.7 Å². The lowest BCUT2D eigenvalue weighted by Gasteiger charge is -2.17. The van der Waals surface area contributed by atoms with Gasteiger partial charge in [-0.15, -0.1) is 0 Å². The van der Waals surface area contributed by atoms with Crippen molar-refractivity contribution in [3.63, 3.8) is 0 Å². The number of halogens is 2. The van der Waals surface area contributed by atoms with Crippen LogP contribution in [-0.2, 0) is 0 Å². The van der Waals surface area contributed by atoms with E-state index in [1.807, 2.05) is 25.1 Å². The van der Waals surface area contributed by atoms with Gasteiger partial charge >= 0.3 is 0 Å². The highest BCUT2D eigenvalue weighted by Gasteiger charge is 2.07. The molecule has 2 rings (SSSR count). The molecule has 0 amide bonds. The van der Waals surface area contributed by atoms with Crippen LogP contribution < -0.4 is 5.32 Å². The van der Waals surface area contributed by atoms with Gasteiger partial charge in [-0.25, -0.2) is 4.98 Å². The average Bonchev–Trinajstić information content (AvgIpc) is 2.33. The molecule has 18 heavy (non-hydrogen) atoms. The number of aromatic nitrogens is 1. The summed E-state index contributed by atoms with van der Waals surface area (Å²) < 4.78 is 1.09. The van der Waals surface area contributed by atoms with Crippen LogP contribution in [-0.4, -0.2) is 4.98 Å². The highest BCUT2D eigenvalue weighted by atomic mass is 79.9. The molecule has 0 aliphatic carbocycles. The summed E-state index contributed by atoms with van der Waals surface area (Å²) in [6.45, 7) is 4.14. The van der Waals surface area contributed by atoms with E-state index >= 15 is 0 Å². The lowest BCUT2D eigenvalue weighted by molar-refractivity contribution is 0.880. The first-order chi connectivity index (χ1) is 8.56. The van der Waals surface area contributed by atoms with Crippen LogP contribution in [0, 0.1) is 6.92 Å². The molecule has 4 heteroatoms. The Bertz CT molecular complexity index is 540. The zero-order valence-corrected chi connectivity index (χ0v) is 12.6. The molecule has 1 aromatic carbocycles. The standard InChI is InChI=1S/C14H14BrClN2/c1-9-7-14(16)17-8-13(9)18-10(2)11-3-5-12(15)6-4-11/h3-8,10,18H,1-2H3. The van der Waals surface area contributed by atoms with E-state index in [-0.39, 0.29) is 6.04 Å². The lowest BCUT2D eigenvalue weighted by Crippen LogP contribution is -2.07.